The topological polar surface area (TPSA) is 83.8 Å². The Balaban J connectivity index is 2.91. The smallest absolute Gasteiger partial charge is 0.413 e. The highest BCUT2D eigenvalue weighted by atomic mass is 35.5. The molecule has 6 nitrogen and oxygen atoms in total. The van der Waals surface area contributed by atoms with Crippen molar-refractivity contribution in [2.45, 2.75) is 26.4 Å². The molecule has 0 saturated heterocycles. The van der Waals surface area contributed by atoms with Crippen LogP contribution >= 0.6 is 11.6 Å². The van der Waals surface area contributed by atoms with Gasteiger partial charge in [0.1, 0.15) is 11.4 Å². The lowest BCUT2D eigenvalue weighted by Crippen LogP contribution is -2.27. The number of nitrogens with one attached hydrogen (secondary N) is 1. The standard InChI is InChI=1S/C11H14ClN3O3/c1-11(2,3)18-10(16)15-9-7(6-14-17)8(12)4-5-13-9/h4-6,17H,1-3H3,(H,13,15,16)/b14-6-. The first-order valence-corrected chi connectivity index (χ1v) is 5.53. The van der Waals surface area contributed by atoms with E-state index < -0.39 is 11.7 Å². The van der Waals surface area contributed by atoms with E-state index in [1.165, 1.54) is 12.3 Å². The number of pyridine rings is 1. The average Bonchev–Trinajstić information content (AvgIpc) is 2.20. The summed E-state index contributed by atoms with van der Waals surface area (Å²) in [4.78, 5) is 15.5. The van der Waals surface area contributed by atoms with Crippen LogP contribution in [0, 0.1) is 0 Å². The Bertz CT molecular complexity index is 469. The summed E-state index contributed by atoms with van der Waals surface area (Å²) >= 11 is 5.89. The van der Waals surface area contributed by atoms with Crippen LogP contribution in [0.3, 0.4) is 0 Å². The molecule has 0 atom stereocenters. The molecule has 7 heteroatoms. The highest BCUT2D eigenvalue weighted by molar-refractivity contribution is 6.33. The van der Waals surface area contributed by atoms with Gasteiger partial charge in [-0.1, -0.05) is 16.8 Å². The predicted octanol–water partition coefficient (Wildman–Crippen LogP) is 2.89. The number of oxime groups is 1. The van der Waals surface area contributed by atoms with E-state index >= 15 is 0 Å². The maximum Gasteiger partial charge on any atom is 0.413 e. The summed E-state index contributed by atoms with van der Waals surface area (Å²) in [6.07, 6.45) is 1.84. The summed E-state index contributed by atoms with van der Waals surface area (Å²) in [5.41, 5.74) is -0.319. The number of amides is 1. The predicted molar refractivity (Wildman–Crippen MR) is 68.5 cm³/mol. The Labute approximate surface area is 110 Å². The second-order valence-electron chi connectivity index (χ2n) is 4.43. The van der Waals surface area contributed by atoms with Gasteiger partial charge in [0.05, 0.1) is 16.8 Å². The van der Waals surface area contributed by atoms with Gasteiger partial charge in [-0.25, -0.2) is 9.78 Å². The molecule has 1 heterocycles. The van der Waals surface area contributed by atoms with E-state index in [0.717, 1.165) is 6.21 Å². The molecule has 0 aliphatic heterocycles. The number of ether oxygens (including phenoxy) is 1. The van der Waals surface area contributed by atoms with E-state index in [1.54, 1.807) is 20.8 Å². The van der Waals surface area contributed by atoms with Crippen LogP contribution in [-0.4, -0.2) is 28.1 Å². The van der Waals surface area contributed by atoms with Gasteiger partial charge in [0.25, 0.3) is 0 Å². The molecule has 98 valence electrons. The summed E-state index contributed by atoms with van der Waals surface area (Å²) in [6.45, 7) is 5.23. The normalized spacial score (nSPS) is 11.6. The minimum Gasteiger partial charge on any atom is -0.444 e. The quantitative estimate of drug-likeness (QED) is 0.492. The first kappa shape index (κ1) is 14.2. The number of carbonyl (C=O) groups excluding carboxylic acids is 1. The third-order valence-electron chi connectivity index (χ3n) is 1.74. The van der Waals surface area contributed by atoms with Gasteiger partial charge < -0.3 is 9.94 Å². The van der Waals surface area contributed by atoms with Gasteiger partial charge in [-0.05, 0) is 26.8 Å². The Morgan fingerprint density at radius 1 is 1.61 bits per heavy atom. The molecular weight excluding hydrogens is 258 g/mol. The molecule has 1 aromatic heterocycles. The van der Waals surface area contributed by atoms with Crippen LogP contribution in [0.5, 0.6) is 0 Å². The van der Waals surface area contributed by atoms with Crippen LogP contribution in [0.4, 0.5) is 10.6 Å². The van der Waals surface area contributed by atoms with Crippen LogP contribution in [0.1, 0.15) is 26.3 Å². The Morgan fingerprint density at radius 3 is 2.83 bits per heavy atom. The molecule has 0 radical (unpaired) electrons. The average molecular weight is 272 g/mol. The van der Waals surface area contributed by atoms with Crippen molar-refractivity contribution in [1.29, 1.82) is 0 Å². The van der Waals surface area contributed by atoms with Gasteiger partial charge >= 0.3 is 6.09 Å². The zero-order chi connectivity index (χ0) is 13.8. The van der Waals surface area contributed by atoms with Crippen molar-refractivity contribution in [3.8, 4) is 0 Å². The van der Waals surface area contributed by atoms with Gasteiger partial charge in [0.2, 0.25) is 0 Å². The SMILES string of the molecule is CC(C)(C)OC(=O)Nc1nccc(Cl)c1/C=N\O. The Kier molecular flexibility index (Phi) is 4.49. The minimum atomic E-state index is -0.662. The van der Waals surface area contributed by atoms with Crippen LogP contribution < -0.4 is 5.32 Å². The lowest BCUT2D eigenvalue weighted by Gasteiger charge is -2.19. The number of carbonyl (C=O) groups is 1. The summed E-state index contributed by atoms with van der Waals surface area (Å²) < 4.78 is 5.07. The van der Waals surface area contributed by atoms with Gasteiger partial charge in [0, 0.05) is 6.20 Å². The van der Waals surface area contributed by atoms with Crippen LogP contribution in [0.15, 0.2) is 17.4 Å². The van der Waals surface area contributed by atoms with Crippen molar-refractivity contribution in [2.24, 2.45) is 5.16 Å². The first-order valence-electron chi connectivity index (χ1n) is 5.15. The molecule has 1 amide bonds. The van der Waals surface area contributed by atoms with Crippen molar-refractivity contribution in [3.05, 3.63) is 22.8 Å². The number of nitrogens with zero attached hydrogens (tertiary/aromatic N) is 2. The van der Waals surface area contributed by atoms with Crippen molar-refractivity contribution >= 4 is 29.7 Å². The lowest BCUT2D eigenvalue weighted by molar-refractivity contribution is 0.0635. The van der Waals surface area contributed by atoms with Crippen LogP contribution in [0.25, 0.3) is 0 Å². The number of hydrogen-bond donors (Lipinski definition) is 2. The molecule has 0 fully saturated rings. The summed E-state index contributed by atoms with van der Waals surface area (Å²) in [5, 5.41) is 14.1. The van der Waals surface area contributed by atoms with Crippen molar-refractivity contribution < 1.29 is 14.7 Å². The van der Waals surface area contributed by atoms with E-state index in [-0.39, 0.29) is 5.82 Å². The third-order valence-corrected chi connectivity index (χ3v) is 2.07. The van der Waals surface area contributed by atoms with E-state index in [1.807, 2.05) is 0 Å². The fourth-order valence-electron chi connectivity index (χ4n) is 1.13. The molecule has 0 spiro atoms. The molecule has 1 rings (SSSR count). The fraction of sp³-hybridized carbons (Fsp3) is 0.364. The maximum absolute atomic E-state index is 11.6. The minimum absolute atomic E-state index is 0.162. The van der Waals surface area contributed by atoms with Crippen molar-refractivity contribution in [1.82, 2.24) is 4.98 Å². The van der Waals surface area contributed by atoms with Crippen molar-refractivity contribution in [3.63, 3.8) is 0 Å². The molecule has 18 heavy (non-hydrogen) atoms. The molecule has 0 bridgehead atoms. The van der Waals surface area contributed by atoms with Gasteiger partial charge in [-0.3, -0.25) is 5.32 Å². The van der Waals surface area contributed by atoms with Gasteiger partial charge in [0.15, 0.2) is 0 Å². The fourth-order valence-corrected chi connectivity index (χ4v) is 1.32. The van der Waals surface area contributed by atoms with Crippen LogP contribution in [0.2, 0.25) is 5.02 Å². The molecular formula is C11H14ClN3O3. The molecule has 1 aromatic rings. The second-order valence-corrected chi connectivity index (χ2v) is 4.83. The third kappa shape index (κ3) is 4.21. The Morgan fingerprint density at radius 2 is 2.28 bits per heavy atom. The van der Waals surface area contributed by atoms with Crippen LogP contribution in [-0.2, 0) is 4.74 Å². The summed E-state index contributed by atoms with van der Waals surface area (Å²) in [7, 11) is 0. The van der Waals surface area contributed by atoms with Crippen molar-refractivity contribution in [2.75, 3.05) is 5.32 Å². The zero-order valence-corrected chi connectivity index (χ0v) is 11.0. The Hall–Kier alpha value is -1.82. The highest BCUT2D eigenvalue weighted by Gasteiger charge is 2.18. The largest absolute Gasteiger partial charge is 0.444 e. The van der Waals surface area contributed by atoms with E-state index in [9.17, 15) is 4.79 Å². The van der Waals surface area contributed by atoms with E-state index in [2.05, 4.69) is 15.5 Å². The first-order chi connectivity index (χ1) is 8.33. The highest BCUT2D eigenvalue weighted by Crippen LogP contribution is 2.20. The number of hydrogen-bond acceptors (Lipinski definition) is 5. The molecule has 0 unspecified atom stereocenters. The lowest BCUT2D eigenvalue weighted by atomic mass is 10.2. The zero-order valence-electron chi connectivity index (χ0n) is 10.3. The number of aromatic nitrogens is 1. The number of rotatable bonds is 2. The van der Waals surface area contributed by atoms with E-state index in [4.69, 9.17) is 21.5 Å². The van der Waals surface area contributed by atoms with Gasteiger partial charge in [-0.15, -0.1) is 0 Å². The monoisotopic (exact) mass is 271 g/mol. The van der Waals surface area contributed by atoms with Gasteiger partial charge in [-0.2, -0.15) is 0 Å². The molecule has 0 aliphatic rings. The number of halogens is 1. The second kappa shape index (κ2) is 5.68. The maximum atomic E-state index is 11.6. The summed E-state index contributed by atoms with van der Waals surface area (Å²) in [5.74, 6) is 0.162. The number of anilines is 1. The molecule has 0 aromatic carbocycles. The summed E-state index contributed by atoms with van der Waals surface area (Å²) in [6, 6.07) is 1.51. The molecule has 0 aliphatic carbocycles. The molecule has 0 saturated carbocycles. The van der Waals surface area contributed by atoms with E-state index in [0.29, 0.717) is 10.6 Å². The molecule has 2 N–H and O–H groups in total.